The highest BCUT2D eigenvalue weighted by Gasteiger charge is 2.18. The van der Waals surface area contributed by atoms with Crippen molar-refractivity contribution in [1.29, 1.82) is 0 Å². The van der Waals surface area contributed by atoms with E-state index in [1.54, 1.807) is 18.2 Å². The molecule has 1 aliphatic heterocycles. The number of ether oxygens (including phenoxy) is 2. The van der Waals surface area contributed by atoms with Crippen molar-refractivity contribution >= 4 is 50.7 Å². The van der Waals surface area contributed by atoms with Crippen LogP contribution in [0.25, 0.3) is 0 Å². The van der Waals surface area contributed by atoms with Crippen LogP contribution in [-0.4, -0.2) is 37.1 Å². The minimum atomic E-state index is -0.180. The largest absolute Gasteiger partial charge is 0.486 e. The lowest BCUT2D eigenvalue weighted by atomic mass is 10.1. The van der Waals surface area contributed by atoms with Crippen molar-refractivity contribution in [2.24, 2.45) is 0 Å². The van der Waals surface area contributed by atoms with Gasteiger partial charge < -0.3 is 14.8 Å². The molecule has 1 N–H and O–H groups in total. The predicted octanol–water partition coefficient (Wildman–Crippen LogP) is 4.99. The number of likely N-dealkylation sites (N-methyl/N-ethyl adjacent to an activating group) is 1. The van der Waals surface area contributed by atoms with Crippen LogP contribution in [0, 0.1) is 0 Å². The number of halogens is 3. The Balaban J connectivity index is 1.68. The first-order valence-electron chi connectivity index (χ1n) is 8.52. The highest BCUT2D eigenvalue weighted by molar-refractivity contribution is 9.10. The quantitative estimate of drug-likeness (QED) is 0.642. The number of carbonyl (C=O) groups is 1. The Morgan fingerprint density at radius 3 is 2.44 bits per heavy atom. The Bertz CT molecular complexity index is 828. The molecule has 0 saturated heterocycles. The maximum Gasteiger partial charge on any atom is 0.238 e. The van der Waals surface area contributed by atoms with Gasteiger partial charge in [0.15, 0.2) is 11.5 Å². The van der Waals surface area contributed by atoms with Crippen LogP contribution < -0.4 is 14.8 Å². The van der Waals surface area contributed by atoms with E-state index in [0.717, 1.165) is 21.5 Å². The SMILES string of the molecule is CCN(CC(=O)Nc1c(Cl)cccc1Cl)Cc1cc2c(cc1Br)OCCO2. The Kier molecular flexibility index (Phi) is 6.87. The molecule has 3 rings (SSSR count). The van der Waals surface area contributed by atoms with Crippen molar-refractivity contribution in [3.05, 3.63) is 50.4 Å². The lowest BCUT2D eigenvalue weighted by Gasteiger charge is -2.23. The number of nitrogens with one attached hydrogen (secondary N) is 1. The van der Waals surface area contributed by atoms with Gasteiger partial charge in [0.25, 0.3) is 0 Å². The van der Waals surface area contributed by atoms with Crippen LogP contribution in [0.5, 0.6) is 11.5 Å². The van der Waals surface area contributed by atoms with Gasteiger partial charge in [0.1, 0.15) is 13.2 Å². The van der Waals surface area contributed by atoms with Crippen LogP contribution in [-0.2, 0) is 11.3 Å². The summed E-state index contributed by atoms with van der Waals surface area (Å²) in [6.45, 7) is 4.57. The number of carbonyl (C=O) groups excluding carboxylic acids is 1. The summed E-state index contributed by atoms with van der Waals surface area (Å²) in [5.41, 5.74) is 1.45. The number of nitrogens with zero attached hydrogens (tertiary/aromatic N) is 1. The maximum absolute atomic E-state index is 12.5. The summed E-state index contributed by atoms with van der Waals surface area (Å²) in [6.07, 6.45) is 0. The summed E-state index contributed by atoms with van der Waals surface area (Å²) in [5, 5.41) is 3.61. The van der Waals surface area contributed by atoms with Crippen molar-refractivity contribution in [2.45, 2.75) is 13.5 Å². The molecule has 2 aromatic rings. The number of hydrogen-bond donors (Lipinski definition) is 1. The Hall–Kier alpha value is -1.47. The molecule has 1 heterocycles. The molecule has 0 fully saturated rings. The summed E-state index contributed by atoms with van der Waals surface area (Å²) in [4.78, 5) is 14.5. The molecule has 0 saturated carbocycles. The van der Waals surface area contributed by atoms with Crippen molar-refractivity contribution in [3.8, 4) is 11.5 Å². The average Bonchev–Trinajstić information content (AvgIpc) is 2.64. The number of hydrogen-bond acceptors (Lipinski definition) is 4. The summed E-state index contributed by atoms with van der Waals surface area (Å²) >= 11 is 15.8. The minimum absolute atomic E-state index is 0.180. The van der Waals surface area contributed by atoms with Gasteiger partial charge >= 0.3 is 0 Å². The fourth-order valence-electron chi connectivity index (χ4n) is 2.75. The van der Waals surface area contributed by atoms with Crippen molar-refractivity contribution in [1.82, 2.24) is 4.90 Å². The molecule has 1 amide bonds. The molecule has 0 unspecified atom stereocenters. The predicted molar refractivity (Wildman–Crippen MR) is 111 cm³/mol. The number of rotatable bonds is 6. The minimum Gasteiger partial charge on any atom is -0.486 e. The molecular weight excluding hydrogens is 455 g/mol. The Morgan fingerprint density at radius 2 is 1.81 bits per heavy atom. The van der Waals surface area contributed by atoms with Crippen molar-refractivity contribution in [2.75, 3.05) is 31.6 Å². The second-order valence-electron chi connectivity index (χ2n) is 6.04. The third kappa shape index (κ3) is 5.08. The van der Waals surface area contributed by atoms with Gasteiger partial charge in [-0.15, -0.1) is 0 Å². The zero-order valence-corrected chi connectivity index (χ0v) is 17.8. The summed E-state index contributed by atoms with van der Waals surface area (Å²) in [7, 11) is 0. The van der Waals surface area contributed by atoms with Crippen LogP contribution >= 0.6 is 39.1 Å². The van der Waals surface area contributed by atoms with E-state index in [1.165, 1.54) is 0 Å². The molecule has 2 aromatic carbocycles. The molecule has 0 aromatic heterocycles. The van der Waals surface area contributed by atoms with E-state index in [-0.39, 0.29) is 12.5 Å². The molecule has 8 heteroatoms. The van der Waals surface area contributed by atoms with Gasteiger partial charge in [-0.05, 0) is 36.4 Å². The zero-order valence-electron chi connectivity index (χ0n) is 14.7. The summed E-state index contributed by atoms with van der Waals surface area (Å²) < 4.78 is 12.2. The Morgan fingerprint density at radius 1 is 1.19 bits per heavy atom. The van der Waals surface area contributed by atoms with Crippen LogP contribution in [0.15, 0.2) is 34.8 Å². The highest BCUT2D eigenvalue weighted by Crippen LogP contribution is 2.36. The van der Waals surface area contributed by atoms with E-state index >= 15 is 0 Å². The van der Waals surface area contributed by atoms with E-state index in [1.807, 2.05) is 24.0 Å². The molecule has 1 aliphatic rings. The van der Waals surface area contributed by atoms with Gasteiger partial charge in [-0.25, -0.2) is 0 Å². The maximum atomic E-state index is 12.5. The lowest BCUT2D eigenvalue weighted by Crippen LogP contribution is -2.33. The zero-order chi connectivity index (χ0) is 19.4. The molecule has 144 valence electrons. The number of amides is 1. The topological polar surface area (TPSA) is 50.8 Å². The molecule has 5 nitrogen and oxygen atoms in total. The fourth-order valence-corrected chi connectivity index (χ4v) is 3.69. The molecule has 0 spiro atoms. The molecule has 0 aliphatic carbocycles. The fraction of sp³-hybridized carbons (Fsp3) is 0.316. The van der Waals surface area contributed by atoms with Crippen LogP contribution in [0.4, 0.5) is 5.69 Å². The van der Waals surface area contributed by atoms with Gasteiger partial charge in [0, 0.05) is 11.0 Å². The standard InChI is InChI=1S/C19H19BrCl2N2O3/c1-2-24(11-18(25)23-19-14(21)4-3-5-15(19)22)10-12-8-16-17(9-13(12)20)27-7-6-26-16/h3-5,8-9H,2,6-7,10-11H2,1H3,(H,23,25). The van der Waals surface area contributed by atoms with Crippen LogP contribution in [0.1, 0.15) is 12.5 Å². The van der Waals surface area contributed by atoms with Gasteiger partial charge in [-0.1, -0.05) is 52.1 Å². The molecule has 0 radical (unpaired) electrons. The van der Waals surface area contributed by atoms with Crippen molar-refractivity contribution < 1.29 is 14.3 Å². The van der Waals surface area contributed by atoms with Gasteiger partial charge in [0.2, 0.25) is 5.91 Å². The Labute approximate surface area is 176 Å². The normalized spacial score (nSPS) is 12.9. The second kappa shape index (κ2) is 9.15. The van der Waals surface area contributed by atoms with Crippen LogP contribution in [0.2, 0.25) is 10.0 Å². The van der Waals surface area contributed by atoms with E-state index in [2.05, 4.69) is 21.2 Å². The van der Waals surface area contributed by atoms with Gasteiger partial charge in [-0.2, -0.15) is 0 Å². The average molecular weight is 474 g/mol. The number of anilines is 1. The number of benzene rings is 2. The first-order valence-corrected chi connectivity index (χ1v) is 10.1. The van der Waals surface area contributed by atoms with Crippen LogP contribution in [0.3, 0.4) is 0 Å². The van der Waals surface area contributed by atoms with E-state index in [9.17, 15) is 4.79 Å². The third-order valence-corrected chi connectivity index (χ3v) is 5.51. The summed E-state index contributed by atoms with van der Waals surface area (Å²) in [5.74, 6) is 1.27. The molecule has 27 heavy (non-hydrogen) atoms. The first-order chi connectivity index (χ1) is 13.0. The first kappa shape index (κ1) is 20.3. The lowest BCUT2D eigenvalue weighted by molar-refractivity contribution is -0.117. The molecule has 0 bridgehead atoms. The van der Waals surface area contributed by atoms with Gasteiger partial charge in [0.05, 0.1) is 22.3 Å². The number of fused-ring (bicyclic) bond motifs is 1. The number of para-hydroxylation sites is 1. The monoisotopic (exact) mass is 472 g/mol. The smallest absolute Gasteiger partial charge is 0.238 e. The summed E-state index contributed by atoms with van der Waals surface area (Å²) in [6, 6.07) is 8.96. The molecule has 0 atom stereocenters. The van der Waals surface area contributed by atoms with Crippen molar-refractivity contribution in [3.63, 3.8) is 0 Å². The third-order valence-electron chi connectivity index (χ3n) is 4.15. The van der Waals surface area contributed by atoms with Gasteiger partial charge in [-0.3, -0.25) is 9.69 Å². The van der Waals surface area contributed by atoms with E-state index in [0.29, 0.717) is 42.0 Å². The molecular formula is C19H19BrCl2N2O3. The van der Waals surface area contributed by atoms with E-state index < -0.39 is 0 Å². The highest BCUT2D eigenvalue weighted by atomic mass is 79.9. The second-order valence-corrected chi connectivity index (χ2v) is 7.70. The van der Waals surface area contributed by atoms with E-state index in [4.69, 9.17) is 32.7 Å².